The average Bonchev–Trinajstić information content (AvgIpc) is 3.34. The lowest BCUT2D eigenvalue weighted by Crippen LogP contribution is -1.95. The summed E-state index contributed by atoms with van der Waals surface area (Å²) < 4.78 is 3.55. The van der Waals surface area contributed by atoms with E-state index in [0.717, 1.165) is 38.2 Å². The molecule has 5 rings (SSSR count). The highest BCUT2D eigenvalue weighted by molar-refractivity contribution is 7.20. The monoisotopic (exact) mass is 405 g/mol. The summed E-state index contributed by atoms with van der Waals surface area (Å²) in [6, 6.07) is 18.2. The van der Waals surface area contributed by atoms with Crippen molar-refractivity contribution in [1.82, 2.24) is 24.4 Å². The van der Waals surface area contributed by atoms with Crippen LogP contribution < -0.4 is 0 Å². The molecule has 0 N–H and O–H groups in total. The van der Waals surface area contributed by atoms with E-state index in [-0.39, 0.29) is 0 Å². The van der Waals surface area contributed by atoms with Crippen molar-refractivity contribution in [3.8, 4) is 27.5 Å². The number of aryl methyl sites for hydroxylation is 2. The van der Waals surface area contributed by atoms with Gasteiger partial charge >= 0.3 is 0 Å². The summed E-state index contributed by atoms with van der Waals surface area (Å²) in [5, 5.41) is 10.7. The van der Waals surface area contributed by atoms with Crippen LogP contribution in [-0.2, 0) is 0 Å². The number of aromatic nitrogens is 5. The molecule has 0 aliphatic carbocycles. The summed E-state index contributed by atoms with van der Waals surface area (Å²) in [5.74, 6) is 0. The quantitative estimate of drug-likeness (QED) is 0.393. The number of hydrogen-bond donors (Lipinski definition) is 0. The molecule has 0 unspecified atom stereocenters. The first-order valence-corrected chi connectivity index (χ1v) is 10.0. The molecule has 138 valence electrons. The summed E-state index contributed by atoms with van der Waals surface area (Å²) in [6.07, 6.45) is 1.95. The molecule has 3 aromatic heterocycles. The van der Waals surface area contributed by atoms with Crippen LogP contribution in [0.5, 0.6) is 0 Å². The van der Waals surface area contributed by atoms with Gasteiger partial charge in [0, 0.05) is 5.56 Å². The molecule has 0 atom stereocenters. The third-order valence-corrected chi connectivity index (χ3v) is 5.90. The number of benzene rings is 2. The predicted octanol–water partition coefficient (Wildman–Crippen LogP) is 5.58. The number of para-hydroxylation sites is 1. The van der Waals surface area contributed by atoms with Crippen molar-refractivity contribution in [3.05, 3.63) is 77.2 Å². The zero-order valence-corrected chi connectivity index (χ0v) is 16.9. The van der Waals surface area contributed by atoms with Crippen LogP contribution in [0.1, 0.15) is 11.3 Å². The molecule has 0 saturated heterocycles. The maximum atomic E-state index is 6.67. The standard InChI is InChI=1S/C21H16ClN5S/c1-13-8-10-15(11-9-13)17-12-26-21(23-17)28-20(25-26)18-14(2)24-27(19(18)22)16-6-4-3-5-7-16/h3-12H,1-2H3. The lowest BCUT2D eigenvalue weighted by Gasteiger charge is -2.02. The third-order valence-electron chi connectivity index (χ3n) is 4.61. The smallest absolute Gasteiger partial charge is 0.213 e. The van der Waals surface area contributed by atoms with Crippen molar-refractivity contribution in [3.63, 3.8) is 0 Å². The third kappa shape index (κ3) is 2.82. The minimum atomic E-state index is 0.555. The molecule has 5 nitrogen and oxygen atoms in total. The van der Waals surface area contributed by atoms with E-state index in [1.54, 1.807) is 4.68 Å². The van der Waals surface area contributed by atoms with Crippen molar-refractivity contribution in [2.24, 2.45) is 0 Å². The fourth-order valence-corrected chi connectivity index (χ4v) is 4.54. The zero-order chi connectivity index (χ0) is 19.3. The van der Waals surface area contributed by atoms with Crippen LogP contribution in [0.2, 0.25) is 5.15 Å². The lowest BCUT2D eigenvalue weighted by atomic mass is 10.1. The molecular weight excluding hydrogens is 390 g/mol. The van der Waals surface area contributed by atoms with E-state index in [4.69, 9.17) is 21.7 Å². The Hall–Kier alpha value is -2.96. The fraction of sp³-hybridized carbons (Fsp3) is 0.0952. The summed E-state index contributed by atoms with van der Waals surface area (Å²) in [6.45, 7) is 4.02. The van der Waals surface area contributed by atoms with Crippen LogP contribution in [0, 0.1) is 13.8 Å². The Kier molecular flexibility index (Phi) is 4.03. The molecule has 0 bridgehead atoms. The molecule has 3 heterocycles. The van der Waals surface area contributed by atoms with E-state index in [0.29, 0.717) is 5.15 Å². The molecule has 5 aromatic rings. The second-order valence-electron chi connectivity index (χ2n) is 6.63. The largest absolute Gasteiger partial charge is 0.221 e. The van der Waals surface area contributed by atoms with E-state index >= 15 is 0 Å². The van der Waals surface area contributed by atoms with Crippen LogP contribution in [-0.4, -0.2) is 24.4 Å². The highest BCUT2D eigenvalue weighted by Gasteiger charge is 2.21. The zero-order valence-electron chi connectivity index (χ0n) is 15.3. The van der Waals surface area contributed by atoms with E-state index in [1.807, 2.05) is 48.0 Å². The Morgan fingerprint density at radius 3 is 2.39 bits per heavy atom. The number of hydrogen-bond acceptors (Lipinski definition) is 4. The Morgan fingerprint density at radius 2 is 1.68 bits per heavy atom. The summed E-state index contributed by atoms with van der Waals surface area (Å²) in [7, 11) is 0. The van der Waals surface area contributed by atoms with Crippen molar-refractivity contribution in [1.29, 1.82) is 0 Å². The Balaban J connectivity index is 1.56. The second kappa shape index (κ2) is 6.58. The van der Waals surface area contributed by atoms with E-state index in [9.17, 15) is 0 Å². The summed E-state index contributed by atoms with van der Waals surface area (Å²) in [5.41, 5.74) is 5.82. The van der Waals surface area contributed by atoms with Crippen molar-refractivity contribution in [2.45, 2.75) is 13.8 Å². The first kappa shape index (κ1) is 17.2. The SMILES string of the molecule is Cc1ccc(-c2cn3nc(-c4c(C)nn(-c5ccccc5)c4Cl)sc3n2)cc1. The molecule has 0 radical (unpaired) electrons. The molecule has 0 aliphatic heterocycles. The van der Waals surface area contributed by atoms with Gasteiger partial charge in [-0.15, -0.1) is 0 Å². The molecular formula is C21H16ClN5S. The van der Waals surface area contributed by atoms with Gasteiger partial charge in [-0.1, -0.05) is 71.0 Å². The molecule has 7 heteroatoms. The lowest BCUT2D eigenvalue weighted by molar-refractivity contribution is 0.863. The van der Waals surface area contributed by atoms with Crippen LogP contribution >= 0.6 is 22.9 Å². The van der Waals surface area contributed by atoms with Gasteiger partial charge in [-0.25, -0.2) is 14.2 Å². The van der Waals surface area contributed by atoms with Crippen molar-refractivity contribution >= 4 is 27.9 Å². The van der Waals surface area contributed by atoms with Gasteiger partial charge in [0.15, 0.2) is 5.01 Å². The number of fused-ring (bicyclic) bond motifs is 1. The fourth-order valence-electron chi connectivity index (χ4n) is 3.15. The Labute approximate surface area is 170 Å². The van der Waals surface area contributed by atoms with Gasteiger partial charge in [0.25, 0.3) is 0 Å². The summed E-state index contributed by atoms with van der Waals surface area (Å²) >= 11 is 8.18. The van der Waals surface area contributed by atoms with Gasteiger partial charge in [0.2, 0.25) is 4.96 Å². The van der Waals surface area contributed by atoms with Crippen LogP contribution in [0.3, 0.4) is 0 Å². The average molecular weight is 406 g/mol. The maximum absolute atomic E-state index is 6.67. The van der Waals surface area contributed by atoms with Gasteiger partial charge in [-0.05, 0) is 26.0 Å². The molecule has 0 saturated carbocycles. The van der Waals surface area contributed by atoms with Gasteiger partial charge in [-0.3, -0.25) is 0 Å². The Morgan fingerprint density at radius 1 is 0.929 bits per heavy atom. The first-order valence-electron chi connectivity index (χ1n) is 8.84. The topological polar surface area (TPSA) is 48.0 Å². The van der Waals surface area contributed by atoms with E-state index in [2.05, 4.69) is 36.3 Å². The normalized spacial score (nSPS) is 11.4. The maximum Gasteiger partial charge on any atom is 0.213 e. The Bertz CT molecular complexity index is 1250. The van der Waals surface area contributed by atoms with E-state index in [1.165, 1.54) is 16.9 Å². The van der Waals surface area contributed by atoms with E-state index < -0.39 is 0 Å². The van der Waals surface area contributed by atoms with Crippen molar-refractivity contribution in [2.75, 3.05) is 0 Å². The number of halogens is 1. The van der Waals surface area contributed by atoms with Gasteiger partial charge in [0.1, 0.15) is 5.15 Å². The minimum Gasteiger partial charge on any atom is -0.221 e. The molecule has 0 aliphatic rings. The predicted molar refractivity (Wildman–Crippen MR) is 113 cm³/mol. The van der Waals surface area contributed by atoms with Gasteiger partial charge in [0.05, 0.1) is 28.8 Å². The molecule has 0 amide bonds. The first-order chi connectivity index (χ1) is 13.6. The highest BCUT2D eigenvalue weighted by Crippen LogP contribution is 2.36. The van der Waals surface area contributed by atoms with Crippen LogP contribution in [0.15, 0.2) is 60.8 Å². The highest BCUT2D eigenvalue weighted by atomic mass is 35.5. The number of imidazole rings is 1. The number of rotatable bonds is 3. The molecule has 0 spiro atoms. The van der Waals surface area contributed by atoms with Crippen LogP contribution in [0.4, 0.5) is 0 Å². The molecule has 28 heavy (non-hydrogen) atoms. The summed E-state index contributed by atoms with van der Waals surface area (Å²) in [4.78, 5) is 5.56. The minimum absolute atomic E-state index is 0.555. The van der Waals surface area contributed by atoms with Crippen LogP contribution in [0.25, 0.3) is 32.5 Å². The molecule has 2 aromatic carbocycles. The van der Waals surface area contributed by atoms with Gasteiger partial charge < -0.3 is 0 Å². The number of nitrogens with zero attached hydrogens (tertiary/aromatic N) is 5. The van der Waals surface area contributed by atoms with Gasteiger partial charge in [-0.2, -0.15) is 10.2 Å². The van der Waals surface area contributed by atoms with Crippen molar-refractivity contribution < 1.29 is 0 Å². The second-order valence-corrected chi connectivity index (χ2v) is 7.94. The molecule has 0 fully saturated rings.